The third-order valence-electron chi connectivity index (χ3n) is 5.92. The SMILES string of the molecule is CC(C)N(C)CCc1cc2cc(-c3ccc(C(=O)N4CCOCC4)cc3)ccc2o1. The summed E-state index contributed by atoms with van der Waals surface area (Å²) >= 11 is 0. The van der Waals surface area contributed by atoms with Crippen LogP contribution >= 0.6 is 0 Å². The van der Waals surface area contributed by atoms with E-state index in [-0.39, 0.29) is 5.91 Å². The van der Waals surface area contributed by atoms with Crippen molar-refractivity contribution in [3.8, 4) is 11.1 Å². The lowest BCUT2D eigenvalue weighted by Gasteiger charge is -2.26. The van der Waals surface area contributed by atoms with Crippen molar-refractivity contribution in [2.45, 2.75) is 26.3 Å². The Labute approximate surface area is 178 Å². The Morgan fingerprint density at radius 3 is 2.43 bits per heavy atom. The van der Waals surface area contributed by atoms with Crippen molar-refractivity contribution < 1.29 is 13.9 Å². The lowest BCUT2D eigenvalue weighted by molar-refractivity contribution is 0.0303. The third kappa shape index (κ3) is 4.58. The molecule has 1 amide bonds. The summed E-state index contributed by atoms with van der Waals surface area (Å²) in [5.74, 6) is 1.09. The number of carbonyl (C=O) groups excluding carboxylic acids is 1. The number of ether oxygens (including phenoxy) is 1. The molecule has 5 heteroatoms. The first kappa shape index (κ1) is 20.6. The summed E-state index contributed by atoms with van der Waals surface area (Å²) in [7, 11) is 2.14. The lowest BCUT2D eigenvalue weighted by atomic mass is 10.0. The first-order valence-corrected chi connectivity index (χ1v) is 10.7. The molecule has 2 aromatic carbocycles. The van der Waals surface area contributed by atoms with E-state index in [1.807, 2.05) is 35.2 Å². The van der Waals surface area contributed by atoms with Crippen LogP contribution in [0.4, 0.5) is 0 Å². The fourth-order valence-electron chi connectivity index (χ4n) is 3.70. The van der Waals surface area contributed by atoms with E-state index in [9.17, 15) is 4.79 Å². The lowest BCUT2D eigenvalue weighted by Crippen LogP contribution is -2.40. The van der Waals surface area contributed by atoms with Crippen molar-refractivity contribution in [1.82, 2.24) is 9.80 Å². The van der Waals surface area contributed by atoms with Gasteiger partial charge in [0.1, 0.15) is 11.3 Å². The molecule has 3 aromatic rings. The van der Waals surface area contributed by atoms with Crippen LogP contribution in [0.25, 0.3) is 22.1 Å². The summed E-state index contributed by atoms with van der Waals surface area (Å²) in [6.45, 7) is 7.92. The number of amides is 1. The predicted octanol–water partition coefficient (Wildman–Crippen LogP) is 4.45. The van der Waals surface area contributed by atoms with Crippen molar-refractivity contribution in [2.24, 2.45) is 0 Å². The van der Waals surface area contributed by atoms with Gasteiger partial charge in [-0.15, -0.1) is 0 Å². The van der Waals surface area contributed by atoms with Crippen molar-refractivity contribution >= 4 is 16.9 Å². The van der Waals surface area contributed by atoms with Gasteiger partial charge in [-0.1, -0.05) is 18.2 Å². The normalized spacial score (nSPS) is 14.8. The fourth-order valence-corrected chi connectivity index (χ4v) is 3.70. The number of fused-ring (bicyclic) bond motifs is 1. The summed E-state index contributed by atoms with van der Waals surface area (Å²) in [5, 5.41) is 1.11. The molecule has 0 radical (unpaired) electrons. The maximum Gasteiger partial charge on any atom is 0.254 e. The number of hydrogen-bond donors (Lipinski definition) is 0. The van der Waals surface area contributed by atoms with Gasteiger partial charge in [-0.3, -0.25) is 4.79 Å². The van der Waals surface area contributed by atoms with Gasteiger partial charge in [0.25, 0.3) is 5.91 Å². The Bertz CT molecular complexity index is 1000. The van der Waals surface area contributed by atoms with E-state index in [2.05, 4.69) is 44.0 Å². The van der Waals surface area contributed by atoms with Gasteiger partial charge in [0.05, 0.1) is 13.2 Å². The minimum Gasteiger partial charge on any atom is -0.461 e. The first-order chi connectivity index (χ1) is 14.5. The highest BCUT2D eigenvalue weighted by molar-refractivity contribution is 5.95. The number of benzene rings is 2. The van der Waals surface area contributed by atoms with E-state index >= 15 is 0 Å². The Morgan fingerprint density at radius 2 is 1.73 bits per heavy atom. The molecule has 0 unspecified atom stereocenters. The first-order valence-electron chi connectivity index (χ1n) is 10.7. The molecular formula is C25H30N2O3. The summed E-state index contributed by atoms with van der Waals surface area (Å²) in [5.41, 5.74) is 3.86. The molecular weight excluding hydrogens is 376 g/mol. The van der Waals surface area contributed by atoms with E-state index in [1.165, 1.54) is 0 Å². The molecule has 5 nitrogen and oxygen atoms in total. The predicted molar refractivity (Wildman–Crippen MR) is 120 cm³/mol. The van der Waals surface area contributed by atoms with Crippen LogP contribution < -0.4 is 0 Å². The van der Waals surface area contributed by atoms with Crippen molar-refractivity contribution in [3.63, 3.8) is 0 Å². The second-order valence-electron chi connectivity index (χ2n) is 8.27. The number of hydrogen-bond acceptors (Lipinski definition) is 4. The molecule has 1 aliphatic rings. The molecule has 158 valence electrons. The van der Waals surface area contributed by atoms with Gasteiger partial charge >= 0.3 is 0 Å². The topological polar surface area (TPSA) is 45.9 Å². The van der Waals surface area contributed by atoms with E-state index < -0.39 is 0 Å². The molecule has 0 N–H and O–H groups in total. The Hall–Kier alpha value is -2.63. The van der Waals surface area contributed by atoms with Crippen molar-refractivity contribution in [3.05, 3.63) is 59.9 Å². The Balaban J connectivity index is 1.48. The summed E-state index contributed by atoms with van der Waals surface area (Å²) in [6, 6.07) is 16.8. The van der Waals surface area contributed by atoms with Gasteiger partial charge in [-0.2, -0.15) is 0 Å². The van der Waals surface area contributed by atoms with E-state index in [4.69, 9.17) is 9.15 Å². The third-order valence-corrected chi connectivity index (χ3v) is 5.92. The average Bonchev–Trinajstić information content (AvgIpc) is 3.19. The molecule has 0 atom stereocenters. The fraction of sp³-hybridized carbons (Fsp3) is 0.400. The summed E-state index contributed by atoms with van der Waals surface area (Å²) in [6.07, 6.45) is 0.900. The largest absolute Gasteiger partial charge is 0.461 e. The molecule has 1 fully saturated rings. The second kappa shape index (κ2) is 9.02. The number of carbonyl (C=O) groups is 1. The minimum atomic E-state index is 0.0751. The van der Waals surface area contributed by atoms with Crippen LogP contribution in [0.5, 0.6) is 0 Å². The Morgan fingerprint density at radius 1 is 1.03 bits per heavy atom. The van der Waals surface area contributed by atoms with Gasteiger partial charge in [-0.05, 0) is 62.4 Å². The highest BCUT2D eigenvalue weighted by Gasteiger charge is 2.18. The van der Waals surface area contributed by atoms with Gasteiger partial charge < -0.3 is 19.0 Å². The number of furan rings is 1. The van der Waals surface area contributed by atoms with Gasteiger partial charge in [0, 0.05) is 43.0 Å². The molecule has 2 heterocycles. The smallest absolute Gasteiger partial charge is 0.254 e. The molecule has 30 heavy (non-hydrogen) atoms. The maximum atomic E-state index is 12.6. The maximum absolute atomic E-state index is 12.6. The molecule has 1 aromatic heterocycles. The minimum absolute atomic E-state index is 0.0751. The standard InChI is InChI=1S/C25H30N2O3/c1-18(2)26(3)11-10-23-17-22-16-21(8-9-24(22)30-23)19-4-6-20(7-5-19)25(28)27-12-14-29-15-13-27/h4-9,16-18H,10-15H2,1-3H3. The zero-order valence-corrected chi connectivity index (χ0v) is 18.1. The van der Waals surface area contributed by atoms with Crippen molar-refractivity contribution in [2.75, 3.05) is 39.9 Å². The van der Waals surface area contributed by atoms with Crippen LogP contribution in [0, 0.1) is 0 Å². The van der Waals surface area contributed by atoms with Crippen molar-refractivity contribution in [1.29, 1.82) is 0 Å². The molecule has 4 rings (SSSR count). The highest BCUT2D eigenvalue weighted by Crippen LogP contribution is 2.27. The zero-order valence-electron chi connectivity index (χ0n) is 18.1. The van der Waals surface area contributed by atoms with Crippen LogP contribution in [0.15, 0.2) is 52.9 Å². The van der Waals surface area contributed by atoms with Gasteiger partial charge in [0.2, 0.25) is 0 Å². The summed E-state index contributed by atoms with van der Waals surface area (Å²) < 4.78 is 11.4. The molecule has 0 bridgehead atoms. The molecule has 0 saturated carbocycles. The molecule has 1 aliphatic heterocycles. The zero-order chi connectivity index (χ0) is 21.1. The molecule has 0 aliphatic carbocycles. The van der Waals surface area contributed by atoms with Crippen LogP contribution in [0.1, 0.15) is 30.0 Å². The van der Waals surface area contributed by atoms with Gasteiger partial charge in [-0.25, -0.2) is 0 Å². The van der Waals surface area contributed by atoms with E-state index in [0.29, 0.717) is 32.3 Å². The van der Waals surface area contributed by atoms with Crippen LogP contribution in [-0.2, 0) is 11.2 Å². The average molecular weight is 407 g/mol. The van der Waals surface area contributed by atoms with E-state index in [0.717, 1.165) is 46.4 Å². The quantitative estimate of drug-likeness (QED) is 0.607. The van der Waals surface area contributed by atoms with Crippen LogP contribution in [0.3, 0.4) is 0 Å². The number of rotatable bonds is 6. The Kier molecular flexibility index (Phi) is 6.21. The van der Waals surface area contributed by atoms with Gasteiger partial charge in [0.15, 0.2) is 0 Å². The number of morpholine rings is 1. The monoisotopic (exact) mass is 406 g/mol. The van der Waals surface area contributed by atoms with Crippen LogP contribution in [-0.4, -0.2) is 61.6 Å². The second-order valence-corrected chi connectivity index (χ2v) is 8.27. The van der Waals surface area contributed by atoms with Crippen LogP contribution in [0.2, 0.25) is 0 Å². The molecule has 0 spiro atoms. The number of likely N-dealkylation sites (N-methyl/N-ethyl adjacent to an activating group) is 1. The van der Waals surface area contributed by atoms with E-state index in [1.54, 1.807) is 0 Å². The molecule has 1 saturated heterocycles. The number of nitrogens with zero attached hydrogens (tertiary/aromatic N) is 2. The highest BCUT2D eigenvalue weighted by atomic mass is 16.5. The summed E-state index contributed by atoms with van der Waals surface area (Å²) in [4.78, 5) is 16.8.